The van der Waals surface area contributed by atoms with E-state index < -0.39 is 5.91 Å². The maximum Gasteiger partial charge on any atom is 0.266 e. The number of hydrogen-bond donors (Lipinski definition) is 1. The largest absolute Gasteiger partial charge is 0.489 e. The van der Waals surface area contributed by atoms with Gasteiger partial charge in [-0.1, -0.05) is 61.0 Å². The first-order chi connectivity index (χ1) is 14.6. The second-order valence-corrected chi connectivity index (χ2v) is 7.02. The maximum absolute atomic E-state index is 12.4. The molecule has 150 valence electrons. The highest BCUT2D eigenvalue weighted by atomic mass is 16.5. The van der Waals surface area contributed by atoms with E-state index in [9.17, 15) is 10.1 Å². The third-order valence-electron chi connectivity index (χ3n) is 4.66. The molecule has 0 aliphatic rings. The smallest absolute Gasteiger partial charge is 0.266 e. The molecule has 0 saturated heterocycles. The van der Waals surface area contributed by atoms with Gasteiger partial charge in [0.25, 0.3) is 5.91 Å². The third-order valence-corrected chi connectivity index (χ3v) is 4.66. The summed E-state index contributed by atoms with van der Waals surface area (Å²) in [5, 5.41) is 12.2. The predicted molar refractivity (Wildman–Crippen MR) is 120 cm³/mol. The Balaban J connectivity index is 1.63. The summed E-state index contributed by atoms with van der Waals surface area (Å²) in [5.74, 6) is 0.300. The number of anilines is 1. The zero-order valence-electron chi connectivity index (χ0n) is 17.2. The van der Waals surface area contributed by atoms with E-state index in [0.717, 1.165) is 23.3 Å². The molecule has 0 spiro atoms. The molecular weight excluding hydrogens is 372 g/mol. The fourth-order valence-corrected chi connectivity index (χ4v) is 2.97. The van der Waals surface area contributed by atoms with Gasteiger partial charge in [-0.25, -0.2) is 0 Å². The Kier molecular flexibility index (Phi) is 7.02. The Morgan fingerprint density at radius 1 is 1.03 bits per heavy atom. The number of nitrogens with zero attached hydrogens (tertiary/aromatic N) is 1. The van der Waals surface area contributed by atoms with Crippen LogP contribution in [-0.4, -0.2) is 5.91 Å². The first kappa shape index (κ1) is 20.9. The van der Waals surface area contributed by atoms with Crippen LogP contribution in [0, 0.1) is 18.3 Å². The van der Waals surface area contributed by atoms with E-state index in [2.05, 4.69) is 18.3 Å². The zero-order chi connectivity index (χ0) is 21.3. The number of carbonyl (C=O) groups is 1. The van der Waals surface area contributed by atoms with E-state index in [1.807, 2.05) is 79.7 Å². The number of amides is 1. The van der Waals surface area contributed by atoms with Crippen molar-refractivity contribution < 1.29 is 9.53 Å². The fraction of sp³-hybridized carbons (Fsp3) is 0.154. The highest BCUT2D eigenvalue weighted by Crippen LogP contribution is 2.17. The van der Waals surface area contributed by atoms with Gasteiger partial charge in [0.15, 0.2) is 0 Å². The van der Waals surface area contributed by atoms with Gasteiger partial charge in [0.05, 0.1) is 0 Å². The van der Waals surface area contributed by atoms with Crippen LogP contribution < -0.4 is 10.1 Å². The molecule has 0 bridgehead atoms. The summed E-state index contributed by atoms with van der Waals surface area (Å²) in [4.78, 5) is 12.4. The van der Waals surface area contributed by atoms with Crippen molar-refractivity contribution in [1.29, 1.82) is 5.26 Å². The molecule has 0 saturated carbocycles. The number of aryl methyl sites for hydroxylation is 2. The Morgan fingerprint density at radius 2 is 1.77 bits per heavy atom. The summed E-state index contributed by atoms with van der Waals surface area (Å²) >= 11 is 0. The Morgan fingerprint density at radius 3 is 2.40 bits per heavy atom. The molecule has 4 nitrogen and oxygen atoms in total. The van der Waals surface area contributed by atoms with Crippen molar-refractivity contribution in [2.24, 2.45) is 0 Å². The molecule has 3 aromatic carbocycles. The molecule has 0 aliphatic heterocycles. The maximum atomic E-state index is 12.4. The topological polar surface area (TPSA) is 62.1 Å². The van der Waals surface area contributed by atoms with Crippen LogP contribution in [0.5, 0.6) is 5.75 Å². The lowest BCUT2D eigenvalue weighted by molar-refractivity contribution is -0.112. The summed E-state index contributed by atoms with van der Waals surface area (Å²) in [6.45, 7) is 4.61. The van der Waals surface area contributed by atoms with Gasteiger partial charge in [-0.3, -0.25) is 4.79 Å². The second kappa shape index (κ2) is 10.1. The minimum absolute atomic E-state index is 0.0444. The van der Waals surface area contributed by atoms with Crippen molar-refractivity contribution in [1.82, 2.24) is 0 Å². The summed E-state index contributed by atoms with van der Waals surface area (Å²) in [6, 6.07) is 25.1. The highest BCUT2D eigenvalue weighted by molar-refractivity contribution is 6.09. The minimum atomic E-state index is -0.429. The predicted octanol–water partition coefficient (Wildman–Crippen LogP) is 5.68. The second-order valence-electron chi connectivity index (χ2n) is 7.02. The van der Waals surface area contributed by atoms with Gasteiger partial charge in [0.1, 0.15) is 24.0 Å². The van der Waals surface area contributed by atoms with Crippen LogP contribution in [0.4, 0.5) is 5.69 Å². The van der Waals surface area contributed by atoms with E-state index in [1.54, 1.807) is 6.08 Å². The summed E-state index contributed by atoms with van der Waals surface area (Å²) < 4.78 is 5.81. The van der Waals surface area contributed by atoms with Crippen molar-refractivity contribution in [3.63, 3.8) is 0 Å². The highest BCUT2D eigenvalue weighted by Gasteiger charge is 2.09. The van der Waals surface area contributed by atoms with Gasteiger partial charge >= 0.3 is 0 Å². The number of carbonyl (C=O) groups excluding carboxylic acids is 1. The van der Waals surface area contributed by atoms with Gasteiger partial charge < -0.3 is 10.1 Å². The summed E-state index contributed by atoms with van der Waals surface area (Å²) in [5.41, 5.74) is 4.95. The van der Waals surface area contributed by atoms with Gasteiger partial charge in [0, 0.05) is 5.69 Å². The van der Waals surface area contributed by atoms with E-state index in [4.69, 9.17) is 4.74 Å². The number of nitrogens with one attached hydrogen (secondary N) is 1. The van der Waals surface area contributed by atoms with Crippen molar-refractivity contribution >= 4 is 17.7 Å². The van der Waals surface area contributed by atoms with Crippen LogP contribution >= 0.6 is 0 Å². The van der Waals surface area contributed by atoms with Gasteiger partial charge in [-0.15, -0.1) is 0 Å². The normalized spacial score (nSPS) is 10.9. The summed E-state index contributed by atoms with van der Waals surface area (Å²) in [6.07, 6.45) is 2.50. The molecule has 30 heavy (non-hydrogen) atoms. The van der Waals surface area contributed by atoms with Crippen LogP contribution in [0.3, 0.4) is 0 Å². The molecule has 0 atom stereocenters. The molecule has 3 rings (SSSR count). The van der Waals surface area contributed by atoms with E-state index in [-0.39, 0.29) is 5.57 Å². The molecule has 0 aliphatic carbocycles. The van der Waals surface area contributed by atoms with Crippen LogP contribution in [-0.2, 0) is 17.8 Å². The molecule has 0 fully saturated rings. The number of nitriles is 1. The van der Waals surface area contributed by atoms with Crippen LogP contribution in [0.1, 0.15) is 29.2 Å². The number of benzene rings is 3. The molecule has 4 heteroatoms. The molecule has 0 unspecified atom stereocenters. The number of rotatable bonds is 7. The quantitative estimate of drug-likeness (QED) is 0.413. The lowest BCUT2D eigenvalue weighted by Gasteiger charge is -2.08. The Labute approximate surface area is 177 Å². The van der Waals surface area contributed by atoms with Crippen molar-refractivity contribution in [2.45, 2.75) is 26.9 Å². The molecule has 1 N–H and O–H groups in total. The summed E-state index contributed by atoms with van der Waals surface area (Å²) in [7, 11) is 0. The average Bonchev–Trinajstić information content (AvgIpc) is 2.77. The molecule has 1 amide bonds. The van der Waals surface area contributed by atoms with Gasteiger partial charge in [-0.05, 0) is 60.4 Å². The van der Waals surface area contributed by atoms with E-state index in [0.29, 0.717) is 12.3 Å². The van der Waals surface area contributed by atoms with E-state index >= 15 is 0 Å². The standard InChI is InChI=1S/C26H24N2O2/c1-3-20-7-11-24(12-8-20)28-26(29)23(17-27)16-21-9-13-25(14-10-21)30-18-22-6-4-5-19(2)15-22/h4-16H,3,18H2,1-2H3,(H,28,29)/b23-16+. The van der Waals surface area contributed by atoms with Crippen LogP contribution in [0.25, 0.3) is 6.08 Å². The molecular formula is C26H24N2O2. The Hall–Kier alpha value is -3.84. The molecule has 0 aromatic heterocycles. The lowest BCUT2D eigenvalue weighted by Crippen LogP contribution is -2.13. The lowest BCUT2D eigenvalue weighted by atomic mass is 10.1. The zero-order valence-corrected chi connectivity index (χ0v) is 17.2. The molecule has 0 heterocycles. The van der Waals surface area contributed by atoms with Crippen molar-refractivity contribution in [2.75, 3.05) is 5.32 Å². The Bertz CT molecular complexity index is 1080. The van der Waals surface area contributed by atoms with Gasteiger partial charge in [0.2, 0.25) is 0 Å². The molecule has 3 aromatic rings. The van der Waals surface area contributed by atoms with Crippen molar-refractivity contribution in [3.8, 4) is 11.8 Å². The van der Waals surface area contributed by atoms with Crippen LogP contribution in [0.15, 0.2) is 78.4 Å². The van der Waals surface area contributed by atoms with E-state index in [1.165, 1.54) is 11.1 Å². The average molecular weight is 396 g/mol. The SMILES string of the molecule is CCc1ccc(NC(=O)/C(C#N)=C/c2ccc(OCc3cccc(C)c3)cc2)cc1. The van der Waals surface area contributed by atoms with Gasteiger partial charge in [-0.2, -0.15) is 5.26 Å². The minimum Gasteiger partial charge on any atom is -0.489 e. The third kappa shape index (κ3) is 5.83. The number of ether oxygens (including phenoxy) is 1. The first-order valence-electron chi connectivity index (χ1n) is 9.88. The number of hydrogen-bond acceptors (Lipinski definition) is 3. The monoisotopic (exact) mass is 396 g/mol. The molecule has 0 radical (unpaired) electrons. The van der Waals surface area contributed by atoms with Crippen molar-refractivity contribution in [3.05, 3.63) is 101 Å². The fourth-order valence-electron chi connectivity index (χ4n) is 2.97. The first-order valence-corrected chi connectivity index (χ1v) is 9.88. The van der Waals surface area contributed by atoms with Crippen LogP contribution in [0.2, 0.25) is 0 Å².